The van der Waals surface area contributed by atoms with Gasteiger partial charge < -0.3 is 5.32 Å². The van der Waals surface area contributed by atoms with Crippen LogP contribution in [0.3, 0.4) is 0 Å². The lowest BCUT2D eigenvalue weighted by atomic mass is 10.2. The summed E-state index contributed by atoms with van der Waals surface area (Å²) in [7, 11) is 0. The molecule has 0 unspecified atom stereocenters. The van der Waals surface area contributed by atoms with Crippen molar-refractivity contribution in [2.75, 3.05) is 11.9 Å². The molecular weight excluding hydrogens is 381 g/mol. The van der Waals surface area contributed by atoms with Crippen molar-refractivity contribution in [3.63, 3.8) is 0 Å². The Bertz CT molecular complexity index is 978. The molecule has 27 heavy (non-hydrogen) atoms. The van der Waals surface area contributed by atoms with E-state index in [-0.39, 0.29) is 16.2 Å². The maximum Gasteiger partial charge on any atom is 0.294 e. The zero-order valence-electron chi connectivity index (χ0n) is 13.5. The van der Waals surface area contributed by atoms with Crippen LogP contribution >= 0.6 is 11.8 Å². The molecule has 138 valence electrons. The lowest BCUT2D eigenvalue weighted by molar-refractivity contribution is -0.127. The molecule has 1 saturated heterocycles. The number of anilines is 1. The Balaban J connectivity index is 1.72. The molecule has 0 bridgehead atoms. The summed E-state index contributed by atoms with van der Waals surface area (Å²) in [6, 6.07) is 8.27. The number of carbonyl (C=O) groups is 3. The van der Waals surface area contributed by atoms with Crippen LogP contribution in [-0.2, 0) is 9.59 Å². The second kappa shape index (κ2) is 7.67. The van der Waals surface area contributed by atoms with Crippen LogP contribution in [0.5, 0.6) is 0 Å². The number of thioether (sulfide) groups is 1. The average Bonchev–Trinajstić information content (AvgIpc) is 2.87. The van der Waals surface area contributed by atoms with E-state index < -0.39 is 41.0 Å². The molecule has 0 aliphatic carbocycles. The van der Waals surface area contributed by atoms with Gasteiger partial charge in [-0.05, 0) is 36.0 Å². The van der Waals surface area contributed by atoms with Crippen LogP contribution in [0.25, 0.3) is 6.08 Å². The third-order valence-corrected chi connectivity index (χ3v) is 4.48. The average molecular weight is 392 g/mol. The fourth-order valence-corrected chi connectivity index (χ4v) is 3.12. The second-order valence-electron chi connectivity index (χ2n) is 5.46. The van der Waals surface area contributed by atoms with Gasteiger partial charge in [-0.1, -0.05) is 18.2 Å². The van der Waals surface area contributed by atoms with E-state index in [4.69, 9.17) is 0 Å². The topological polar surface area (TPSA) is 66.5 Å². The molecule has 0 saturated carbocycles. The van der Waals surface area contributed by atoms with E-state index in [9.17, 15) is 27.6 Å². The predicted molar refractivity (Wildman–Crippen MR) is 94.1 cm³/mol. The van der Waals surface area contributed by atoms with E-state index in [2.05, 4.69) is 5.32 Å². The number of nitrogens with one attached hydrogen (secondary N) is 1. The van der Waals surface area contributed by atoms with Gasteiger partial charge in [0.25, 0.3) is 11.1 Å². The predicted octanol–water partition coefficient (Wildman–Crippen LogP) is 3.78. The molecule has 0 spiro atoms. The minimum absolute atomic E-state index is 0.0362. The minimum Gasteiger partial charge on any atom is -0.322 e. The van der Waals surface area contributed by atoms with E-state index in [0.29, 0.717) is 22.7 Å². The summed E-state index contributed by atoms with van der Waals surface area (Å²) in [5.74, 6) is -3.96. The van der Waals surface area contributed by atoms with Crippen molar-refractivity contribution in [3.8, 4) is 0 Å². The first-order chi connectivity index (χ1) is 12.8. The Morgan fingerprint density at radius 2 is 1.81 bits per heavy atom. The van der Waals surface area contributed by atoms with Gasteiger partial charge in [-0.15, -0.1) is 0 Å². The van der Waals surface area contributed by atoms with Crippen molar-refractivity contribution in [2.24, 2.45) is 0 Å². The largest absolute Gasteiger partial charge is 0.322 e. The fraction of sp³-hybridized carbons (Fsp3) is 0.0556. The summed E-state index contributed by atoms with van der Waals surface area (Å²) in [5.41, 5.74) is -0.156. The first-order valence-corrected chi connectivity index (χ1v) is 8.41. The molecule has 1 aliphatic rings. The first kappa shape index (κ1) is 18.7. The number of benzene rings is 2. The molecule has 3 amide bonds. The third kappa shape index (κ3) is 4.20. The molecule has 2 aromatic rings. The third-order valence-electron chi connectivity index (χ3n) is 3.57. The van der Waals surface area contributed by atoms with Gasteiger partial charge in [-0.3, -0.25) is 19.3 Å². The number of rotatable bonds is 4. The van der Waals surface area contributed by atoms with E-state index >= 15 is 0 Å². The molecule has 1 fully saturated rings. The Labute approximate surface area is 155 Å². The first-order valence-electron chi connectivity index (χ1n) is 7.60. The van der Waals surface area contributed by atoms with Crippen LogP contribution in [0, 0.1) is 17.5 Å². The number of hydrogen-bond donors (Lipinski definition) is 1. The van der Waals surface area contributed by atoms with Crippen LogP contribution in [0.2, 0.25) is 0 Å². The normalized spacial score (nSPS) is 15.5. The van der Waals surface area contributed by atoms with Gasteiger partial charge in [-0.25, -0.2) is 13.2 Å². The van der Waals surface area contributed by atoms with E-state index in [1.54, 1.807) is 6.07 Å². The Hall–Kier alpha value is -3.07. The van der Waals surface area contributed by atoms with Crippen LogP contribution in [-0.4, -0.2) is 28.5 Å². The fourth-order valence-electron chi connectivity index (χ4n) is 2.29. The zero-order chi connectivity index (χ0) is 19.6. The second-order valence-corrected chi connectivity index (χ2v) is 6.45. The molecule has 1 N–H and O–H groups in total. The molecule has 1 heterocycles. The SMILES string of the molecule is O=C(CN1C(=O)S/C(=C/c2ccccc2F)C1=O)Nc1ccc(F)cc1F. The highest BCUT2D eigenvalue weighted by atomic mass is 32.2. The minimum atomic E-state index is -0.989. The van der Waals surface area contributed by atoms with Crippen molar-refractivity contribution in [2.45, 2.75) is 0 Å². The molecule has 0 aromatic heterocycles. The molecule has 3 rings (SSSR count). The molecule has 5 nitrogen and oxygen atoms in total. The lowest BCUT2D eigenvalue weighted by Crippen LogP contribution is -2.36. The molecular formula is C18H11F3N2O3S. The van der Waals surface area contributed by atoms with E-state index in [0.717, 1.165) is 12.1 Å². The summed E-state index contributed by atoms with van der Waals surface area (Å²) in [6.45, 7) is -0.657. The van der Waals surface area contributed by atoms with Crippen molar-refractivity contribution in [1.29, 1.82) is 0 Å². The highest BCUT2D eigenvalue weighted by Gasteiger charge is 2.36. The monoisotopic (exact) mass is 392 g/mol. The van der Waals surface area contributed by atoms with Gasteiger partial charge in [0.2, 0.25) is 5.91 Å². The molecule has 0 radical (unpaired) electrons. The quantitative estimate of drug-likeness (QED) is 0.805. The van der Waals surface area contributed by atoms with Crippen LogP contribution in [0.4, 0.5) is 23.7 Å². The lowest BCUT2D eigenvalue weighted by Gasteiger charge is -2.12. The molecule has 9 heteroatoms. The van der Waals surface area contributed by atoms with Gasteiger partial charge in [-0.2, -0.15) is 0 Å². The van der Waals surface area contributed by atoms with Crippen molar-refractivity contribution in [3.05, 3.63) is 70.4 Å². The van der Waals surface area contributed by atoms with Crippen LogP contribution in [0.1, 0.15) is 5.56 Å². The Morgan fingerprint density at radius 3 is 2.52 bits per heavy atom. The van der Waals surface area contributed by atoms with Crippen LogP contribution < -0.4 is 5.32 Å². The van der Waals surface area contributed by atoms with Gasteiger partial charge in [0.1, 0.15) is 24.0 Å². The highest BCUT2D eigenvalue weighted by Crippen LogP contribution is 2.32. The summed E-state index contributed by atoms with van der Waals surface area (Å²) < 4.78 is 40.1. The standard InChI is InChI=1S/C18H11F3N2O3S/c19-11-5-6-14(13(21)8-11)22-16(24)9-23-17(25)15(27-18(23)26)7-10-3-1-2-4-12(10)20/h1-8H,9H2,(H,22,24)/b15-7+. The van der Waals surface area contributed by atoms with E-state index in [1.807, 2.05) is 0 Å². The summed E-state index contributed by atoms with van der Waals surface area (Å²) in [4.78, 5) is 37.0. The zero-order valence-corrected chi connectivity index (χ0v) is 14.4. The number of carbonyl (C=O) groups excluding carboxylic acids is 3. The van der Waals surface area contributed by atoms with Gasteiger partial charge >= 0.3 is 0 Å². The summed E-state index contributed by atoms with van der Waals surface area (Å²) >= 11 is 0.567. The summed E-state index contributed by atoms with van der Waals surface area (Å²) in [6.07, 6.45) is 1.22. The number of imide groups is 1. The smallest absolute Gasteiger partial charge is 0.294 e. The Kier molecular flexibility index (Phi) is 5.31. The van der Waals surface area contributed by atoms with E-state index in [1.165, 1.54) is 24.3 Å². The van der Waals surface area contributed by atoms with Crippen molar-refractivity contribution in [1.82, 2.24) is 4.90 Å². The maximum atomic E-state index is 13.7. The number of halogens is 3. The molecule has 1 aliphatic heterocycles. The molecule has 2 aromatic carbocycles. The van der Waals surface area contributed by atoms with Gasteiger partial charge in [0.05, 0.1) is 10.6 Å². The number of amides is 3. The molecule has 0 atom stereocenters. The Morgan fingerprint density at radius 1 is 1.07 bits per heavy atom. The van der Waals surface area contributed by atoms with Crippen molar-refractivity contribution < 1.29 is 27.6 Å². The van der Waals surface area contributed by atoms with Gasteiger partial charge in [0.15, 0.2) is 0 Å². The number of nitrogens with zero attached hydrogens (tertiary/aromatic N) is 1. The van der Waals surface area contributed by atoms with Gasteiger partial charge in [0, 0.05) is 11.6 Å². The highest BCUT2D eigenvalue weighted by molar-refractivity contribution is 8.18. The van der Waals surface area contributed by atoms with Crippen LogP contribution in [0.15, 0.2) is 47.4 Å². The summed E-state index contributed by atoms with van der Waals surface area (Å²) in [5, 5.41) is 1.45. The number of hydrogen-bond acceptors (Lipinski definition) is 4. The van der Waals surface area contributed by atoms with Crippen molar-refractivity contribution >= 4 is 40.6 Å². The maximum absolute atomic E-state index is 13.7.